The van der Waals surface area contributed by atoms with Gasteiger partial charge in [-0.1, -0.05) is 12.1 Å². The highest BCUT2D eigenvalue weighted by atomic mass is 19.3. The molecule has 3 N–H and O–H groups in total. The van der Waals surface area contributed by atoms with Gasteiger partial charge in [0.1, 0.15) is 11.8 Å². The second-order valence-electron chi connectivity index (χ2n) is 3.80. The summed E-state index contributed by atoms with van der Waals surface area (Å²) in [5.41, 5.74) is 6.28. The molecule has 7 heteroatoms. The Hall–Kier alpha value is -1.73. The van der Waals surface area contributed by atoms with Gasteiger partial charge in [0.25, 0.3) is 0 Å². The van der Waals surface area contributed by atoms with E-state index in [4.69, 9.17) is 10.5 Å². The van der Waals surface area contributed by atoms with Crippen molar-refractivity contribution < 1.29 is 23.0 Å². The minimum absolute atomic E-state index is 0.0705. The monoisotopic (exact) mass is 274 g/mol. The number of amides is 1. The predicted octanol–water partition coefficient (Wildman–Crippen LogP) is 0.878. The Morgan fingerprint density at radius 2 is 2.00 bits per heavy atom. The van der Waals surface area contributed by atoms with Crippen molar-refractivity contribution in [3.05, 3.63) is 29.8 Å². The zero-order chi connectivity index (χ0) is 14.3. The number of hydrogen-bond acceptors (Lipinski definition) is 4. The lowest BCUT2D eigenvalue weighted by atomic mass is 10.2. The largest absolute Gasteiger partial charge is 0.435 e. The van der Waals surface area contributed by atoms with Crippen molar-refractivity contribution in [3.8, 4) is 5.75 Å². The Labute approximate surface area is 109 Å². The van der Waals surface area contributed by atoms with E-state index in [9.17, 15) is 13.6 Å². The second kappa shape index (κ2) is 7.65. The van der Waals surface area contributed by atoms with Crippen LogP contribution in [0, 0.1) is 0 Å². The lowest BCUT2D eigenvalue weighted by molar-refractivity contribution is -0.123. The van der Waals surface area contributed by atoms with Crippen molar-refractivity contribution in [2.24, 2.45) is 5.73 Å². The van der Waals surface area contributed by atoms with Gasteiger partial charge in [0.15, 0.2) is 0 Å². The van der Waals surface area contributed by atoms with E-state index in [2.05, 4.69) is 10.1 Å². The first-order chi connectivity index (χ1) is 9.02. The fourth-order valence-corrected chi connectivity index (χ4v) is 1.36. The van der Waals surface area contributed by atoms with Crippen LogP contribution in [0.3, 0.4) is 0 Å². The van der Waals surface area contributed by atoms with E-state index < -0.39 is 12.7 Å². The Morgan fingerprint density at radius 3 is 2.53 bits per heavy atom. The van der Waals surface area contributed by atoms with Crippen LogP contribution >= 0.6 is 0 Å². The standard InChI is InChI=1S/C12H16F2N2O3/c1-18-7-10(15)11(17)16-6-8-2-4-9(5-3-8)19-12(13)14/h2-5,10,12H,6-7,15H2,1H3,(H,16,17). The molecule has 0 saturated heterocycles. The summed E-state index contributed by atoms with van der Waals surface area (Å²) in [6.45, 7) is -2.46. The zero-order valence-electron chi connectivity index (χ0n) is 10.4. The summed E-state index contributed by atoms with van der Waals surface area (Å²) in [5, 5.41) is 2.61. The van der Waals surface area contributed by atoms with Gasteiger partial charge in [-0.3, -0.25) is 4.79 Å². The van der Waals surface area contributed by atoms with E-state index in [-0.39, 0.29) is 24.8 Å². The SMILES string of the molecule is COCC(N)C(=O)NCc1ccc(OC(F)F)cc1. The van der Waals surface area contributed by atoms with Crippen LogP contribution in [0.25, 0.3) is 0 Å². The van der Waals surface area contributed by atoms with Crippen molar-refractivity contribution in [1.29, 1.82) is 0 Å². The number of rotatable bonds is 7. The number of hydrogen-bond donors (Lipinski definition) is 2. The summed E-state index contributed by atoms with van der Waals surface area (Å²) < 4.78 is 32.8. The topological polar surface area (TPSA) is 73.6 Å². The van der Waals surface area contributed by atoms with E-state index >= 15 is 0 Å². The first-order valence-electron chi connectivity index (χ1n) is 5.59. The van der Waals surface area contributed by atoms with Gasteiger partial charge in [-0.2, -0.15) is 8.78 Å². The Kier molecular flexibility index (Phi) is 6.17. The molecule has 0 heterocycles. The summed E-state index contributed by atoms with van der Waals surface area (Å²) in [6.07, 6.45) is 0. The molecule has 0 aromatic heterocycles. The van der Waals surface area contributed by atoms with Crippen LogP contribution in [-0.4, -0.2) is 32.3 Å². The predicted molar refractivity (Wildman–Crippen MR) is 64.8 cm³/mol. The number of alkyl halides is 2. The van der Waals surface area contributed by atoms with E-state index in [0.29, 0.717) is 0 Å². The molecular weight excluding hydrogens is 258 g/mol. The highest BCUT2D eigenvalue weighted by Gasteiger charge is 2.12. The highest BCUT2D eigenvalue weighted by Crippen LogP contribution is 2.14. The molecule has 106 valence electrons. The van der Waals surface area contributed by atoms with Crippen LogP contribution in [0.2, 0.25) is 0 Å². The lowest BCUT2D eigenvalue weighted by Gasteiger charge is -2.11. The first-order valence-corrected chi connectivity index (χ1v) is 5.59. The molecule has 0 saturated carbocycles. The third-order valence-electron chi connectivity index (χ3n) is 2.30. The molecule has 1 unspecified atom stereocenters. The maximum absolute atomic E-state index is 11.9. The van der Waals surface area contributed by atoms with Gasteiger partial charge in [0.2, 0.25) is 5.91 Å². The first kappa shape index (κ1) is 15.3. The molecule has 1 aromatic carbocycles. The van der Waals surface area contributed by atoms with Crippen LogP contribution in [0.1, 0.15) is 5.56 Å². The number of nitrogens with two attached hydrogens (primary N) is 1. The van der Waals surface area contributed by atoms with Gasteiger partial charge >= 0.3 is 6.61 Å². The number of nitrogens with one attached hydrogen (secondary N) is 1. The number of methoxy groups -OCH3 is 1. The van der Waals surface area contributed by atoms with Gasteiger partial charge < -0.3 is 20.5 Å². The van der Waals surface area contributed by atoms with Gasteiger partial charge in [-0.25, -0.2) is 0 Å². The maximum atomic E-state index is 11.9. The van der Waals surface area contributed by atoms with Gasteiger partial charge in [-0.05, 0) is 17.7 Å². The van der Waals surface area contributed by atoms with E-state index in [1.165, 1.54) is 19.2 Å². The molecule has 0 aliphatic carbocycles. The molecule has 19 heavy (non-hydrogen) atoms. The van der Waals surface area contributed by atoms with E-state index in [0.717, 1.165) is 5.56 Å². The molecule has 1 rings (SSSR count). The van der Waals surface area contributed by atoms with E-state index in [1.54, 1.807) is 12.1 Å². The van der Waals surface area contributed by atoms with Crippen molar-refractivity contribution in [3.63, 3.8) is 0 Å². The molecule has 0 aliphatic rings. The molecule has 0 radical (unpaired) electrons. The number of ether oxygens (including phenoxy) is 2. The molecule has 0 bridgehead atoms. The van der Waals surface area contributed by atoms with Crippen LogP contribution in [-0.2, 0) is 16.1 Å². The fraction of sp³-hybridized carbons (Fsp3) is 0.417. The number of benzene rings is 1. The second-order valence-corrected chi connectivity index (χ2v) is 3.80. The molecule has 0 spiro atoms. The minimum Gasteiger partial charge on any atom is -0.435 e. The molecule has 1 amide bonds. The Bertz CT molecular complexity index is 398. The molecule has 5 nitrogen and oxygen atoms in total. The smallest absolute Gasteiger partial charge is 0.387 e. The van der Waals surface area contributed by atoms with Crippen molar-refractivity contribution in [1.82, 2.24) is 5.32 Å². The summed E-state index contributed by atoms with van der Waals surface area (Å²) in [5.74, 6) is -0.268. The Morgan fingerprint density at radius 1 is 1.37 bits per heavy atom. The summed E-state index contributed by atoms with van der Waals surface area (Å²) in [4.78, 5) is 11.5. The van der Waals surface area contributed by atoms with E-state index in [1.807, 2.05) is 0 Å². The number of carbonyl (C=O) groups is 1. The van der Waals surface area contributed by atoms with Crippen LogP contribution in [0.4, 0.5) is 8.78 Å². The average Bonchev–Trinajstić information content (AvgIpc) is 2.37. The summed E-state index contributed by atoms with van der Waals surface area (Å²) in [7, 11) is 1.45. The zero-order valence-corrected chi connectivity index (χ0v) is 10.4. The average molecular weight is 274 g/mol. The fourth-order valence-electron chi connectivity index (χ4n) is 1.36. The van der Waals surface area contributed by atoms with Gasteiger partial charge in [0, 0.05) is 13.7 Å². The van der Waals surface area contributed by atoms with Gasteiger partial charge in [-0.15, -0.1) is 0 Å². The summed E-state index contributed by atoms with van der Waals surface area (Å²) in [6, 6.07) is 5.25. The molecular formula is C12H16F2N2O3. The normalized spacial score (nSPS) is 12.3. The highest BCUT2D eigenvalue weighted by molar-refractivity contribution is 5.81. The van der Waals surface area contributed by atoms with Gasteiger partial charge in [0.05, 0.1) is 6.61 Å². The number of halogens is 2. The van der Waals surface area contributed by atoms with Crippen molar-refractivity contribution in [2.45, 2.75) is 19.2 Å². The van der Waals surface area contributed by atoms with Crippen LogP contribution < -0.4 is 15.8 Å². The minimum atomic E-state index is -2.85. The third-order valence-corrected chi connectivity index (χ3v) is 2.30. The number of carbonyl (C=O) groups excluding carboxylic acids is 1. The lowest BCUT2D eigenvalue weighted by Crippen LogP contribution is -2.43. The molecule has 0 aliphatic heterocycles. The van der Waals surface area contributed by atoms with Crippen LogP contribution in [0.15, 0.2) is 24.3 Å². The van der Waals surface area contributed by atoms with Crippen molar-refractivity contribution in [2.75, 3.05) is 13.7 Å². The third kappa shape index (κ3) is 5.62. The maximum Gasteiger partial charge on any atom is 0.387 e. The van der Waals surface area contributed by atoms with Crippen LogP contribution in [0.5, 0.6) is 5.75 Å². The summed E-state index contributed by atoms with van der Waals surface area (Å²) >= 11 is 0. The quantitative estimate of drug-likeness (QED) is 0.774. The molecule has 1 atom stereocenters. The van der Waals surface area contributed by atoms with Crippen molar-refractivity contribution >= 4 is 5.91 Å². The molecule has 0 fully saturated rings. The Balaban J connectivity index is 2.43. The molecule has 1 aromatic rings.